The summed E-state index contributed by atoms with van der Waals surface area (Å²) in [6, 6.07) is 2.58. The average Bonchev–Trinajstić information content (AvgIpc) is 4.02. The molecule has 2 saturated heterocycles. The molecule has 0 aliphatic carbocycles. The highest BCUT2D eigenvalue weighted by molar-refractivity contribution is 5.87. The molecule has 4 N–H and O–H groups in total. The Balaban J connectivity index is 1.13. The normalized spacial score (nSPS) is 18.1. The van der Waals surface area contributed by atoms with Crippen LogP contribution >= 0.6 is 0 Å². The van der Waals surface area contributed by atoms with Gasteiger partial charge in [0.1, 0.15) is 29.5 Å². The summed E-state index contributed by atoms with van der Waals surface area (Å²) in [6.45, 7) is 8.48. The second-order valence-electron chi connectivity index (χ2n) is 14.4. The number of rotatable bonds is 11. The molecule has 17 heteroatoms. The Labute approximate surface area is 318 Å². The second kappa shape index (κ2) is 16.7. The Morgan fingerprint density at radius 3 is 1.89 bits per heavy atom. The number of methoxy groups -OCH3 is 2. The molecule has 3 aromatic heterocycles. The van der Waals surface area contributed by atoms with Gasteiger partial charge in [-0.25, -0.2) is 33.9 Å². The van der Waals surface area contributed by atoms with E-state index in [1.54, 1.807) is 46.7 Å². The van der Waals surface area contributed by atoms with E-state index in [1.165, 1.54) is 20.3 Å². The van der Waals surface area contributed by atoms with E-state index in [0.717, 1.165) is 12.8 Å². The molecular formula is C38H47FN10O6. The Morgan fingerprint density at radius 1 is 0.800 bits per heavy atom. The Bertz CT molecular complexity index is 2010. The third-order valence-corrected chi connectivity index (χ3v) is 10.1. The van der Waals surface area contributed by atoms with Gasteiger partial charge < -0.3 is 39.9 Å². The third-order valence-electron chi connectivity index (χ3n) is 10.1. The highest BCUT2D eigenvalue weighted by atomic mass is 19.1. The number of alkyl carbamates (subject to hydrolysis) is 2. The maximum Gasteiger partial charge on any atom is 0.407 e. The summed E-state index contributed by atoms with van der Waals surface area (Å²) in [6.07, 6.45) is 8.11. The lowest BCUT2D eigenvalue weighted by molar-refractivity contribution is -0.136. The van der Waals surface area contributed by atoms with Crippen LogP contribution in [0.1, 0.15) is 77.1 Å². The van der Waals surface area contributed by atoms with Gasteiger partial charge in [0.15, 0.2) is 5.82 Å². The molecule has 4 aromatic rings. The van der Waals surface area contributed by atoms with E-state index in [0.29, 0.717) is 71.5 Å². The standard InChI is InChI=1S/C38H47FN10O6/c1-20(2)30(46-37(52)54-5)35(50)48-13-7-9-28(48)33-42-18-26(44-33)23-16-40-32(41-17-23)22-11-12-24(25(39)15-22)27-19-43-34(45-27)29-10-8-14-49(29)36(51)31(21(3)4)47-38(53)55-6/h11-12,15-21,28-31H,7-10,13-14H2,1-6H3,(H,42,44)(H,43,45)(H,46,52)(H,47,53)/t28-,29-,30-,31-/m0/s1. The molecule has 16 nitrogen and oxygen atoms in total. The summed E-state index contributed by atoms with van der Waals surface area (Å²) in [5, 5.41) is 5.29. The van der Waals surface area contributed by atoms with Gasteiger partial charge in [-0.15, -0.1) is 0 Å². The molecule has 0 spiro atoms. The van der Waals surface area contributed by atoms with E-state index in [-0.39, 0.29) is 35.7 Å². The van der Waals surface area contributed by atoms with Gasteiger partial charge >= 0.3 is 12.2 Å². The van der Waals surface area contributed by atoms with Gasteiger partial charge in [0.25, 0.3) is 0 Å². The van der Waals surface area contributed by atoms with Crippen molar-refractivity contribution in [2.24, 2.45) is 11.8 Å². The first kappa shape index (κ1) is 38.8. The van der Waals surface area contributed by atoms with Crippen LogP contribution in [0.2, 0.25) is 0 Å². The first-order chi connectivity index (χ1) is 26.4. The van der Waals surface area contributed by atoms with Crippen molar-refractivity contribution in [1.82, 2.24) is 50.3 Å². The quantitative estimate of drug-likeness (QED) is 0.159. The zero-order valence-electron chi connectivity index (χ0n) is 31.8. The summed E-state index contributed by atoms with van der Waals surface area (Å²) >= 11 is 0. The average molecular weight is 759 g/mol. The van der Waals surface area contributed by atoms with Crippen LogP contribution in [0.25, 0.3) is 33.9 Å². The highest BCUT2D eigenvalue weighted by Crippen LogP contribution is 2.35. The van der Waals surface area contributed by atoms with Crippen LogP contribution < -0.4 is 10.6 Å². The van der Waals surface area contributed by atoms with Gasteiger partial charge in [-0.3, -0.25) is 9.59 Å². The van der Waals surface area contributed by atoms with Crippen LogP contribution in [0.4, 0.5) is 14.0 Å². The lowest BCUT2D eigenvalue weighted by Gasteiger charge is -2.30. The first-order valence-corrected chi connectivity index (χ1v) is 18.4. The van der Waals surface area contributed by atoms with E-state index in [1.807, 2.05) is 27.7 Å². The van der Waals surface area contributed by atoms with E-state index in [2.05, 4.69) is 35.6 Å². The molecule has 4 amide bonds. The van der Waals surface area contributed by atoms with Crippen molar-refractivity contribution < 1.29 is 33.0 Å². The molecule has 0 radical (unpaired) electrons. The monoisotopic (exact) mass is 758 g/mol. The summed E-state index contributed by atoms with van der Waals surface area (Å²) in [7, 11) is 2.52. The molecule has 0 unspecified atom stereocenters. The molecule has 292 valence electrons. The lowest BCUT2D eigenvalue weighted by Crippen LogP contribution is -2.51. The predicted octanol–water partition coefficient (Wildman–Crippen LogP) is 5.15. The van der Waals surface area contributed by atoms with Gasteiger partial charge in [0.2, 0.25) is 11.8 Å². The number of aromatic amines is 2. The number of hydrogen-bond acceptors (Lipinski definition) is 10. The number of aromatic nitrogens is 6. The third kappa shape index (κ3) is 8.29. The van der Waals surface area contributed by atoms with Gasteiger partial charge in [-0.05, 0) is 49.7 Å². The number of nitrogens with zero attached hydrogens (tertiary/aromatic N) is 6. The number of hydrogen-bond donors (Lipinski definition) is 4. The van der Waals surface area contributed by atoms with Crippen LogP contribution in [-0.4, -0.2) is 103 Å². The van der Waals surface area contributed by atoms with Gasteiger partial charge in [-0.2, -0.15) is 0 Å². The number of carbonyl (C=O) groups is 4. The van der Waals surface area contributed by atoms with Crippen LogP contribution in [0.5, 0.6) is 0 Å². The highest BCUT2D eigenvalue weighted by Gasteiger charge is 2.39. The smallest absolute Gasteiger partial charge is 0.407 e. The molecule has 5 heterocycles. The van der Waals surface area contributed by atoms with Crippen molar-refractivity contribution >= 4 is 24.0 Å². The van der Waals surface area contributed by atoms with Crippen LogP contribution in [0.15, 0.2) is 43.0 Å². The molecule has 0 bridgehead atoms. The van der Waals surface area contributed by atoms with Gasteiger partial charge in [0, 0.05) is 48.4 Å². The number of H-pyrrole nitrogens is 2. The fraction of sp³-hybridized carbons (Fsp3) is 0.474. The van der Waals surface area contributed by atoms with Crippen molar-refractivity contribution in [2.45, 2.75) is 77.5 Å². The molecule has 2 fully saturated rings. The van der Waals surface area contributed by atoms with Crippen molar-refractivity contribution in [3.05, 3.63) is 60.5 Å². The fourth-order valence-electron chi connectivity index (χ4n) is 7.17. The zero-order chi connectivity index (χ0) is 39.4. The number of amides is 4. The second-order valence-corrected chi connectivity index (χ2v) is 14.4. The Kier molecular flexibility index (Phi) is 11.8. The minimum Gasteiger partial charge on any atom is -0.453 e. The van der Waals surface area contributed by atoms with E-state index >= 15 is 4.39 Å². The SMILES string of the molecule is COC(=O)N[C@H](C(=O)N1CCC[C@H]1c1nc(-c2cnc(-c3ccc(-c4cnc([C@@H]5CCCN5C(=O)[C@@H](NC(=O)OC)C(C)C)[nH]4)c(F)c3)nc2)c[nH]1)C(C)C. The molecule has 0 saturated carbocycles. The minimum absolute atomic E-state index is 0.145. The summed E-state index contributed by atoms with van der Waals surface area (Å²) in [4.78, 5) is 78.9. The number of carbonyl (C=O) groups excluding carboxylic acids is 4. The summed E-state index contributed by atoms with van der Waals surface area (Å²) in [5.41, 5.74) is 2.45. The first-order valence-electron chi connectivity index (χ1n) is 18.4. The number of imidazole rings is 2. The van der Waals surface area contributed by atoms with Crippen LogP contribution in [-0.2, 0) is 19.1 Å². The molecule has 55 heavy (non-hydrogen) atoms. The predicted molar refractivity (Wildman–Crippen MR) is 198 cm³/mol. The minimum atomic E-state index is -0.762. The van der Waals surface area contributed by atoms with E-state index in [4.69, 9.17) is 14.5 Å². The largest absolute Gasteiger partial charge is 0.453 e. The van der Waals surface area contributed by atoms with Gasteiger partial charge in [-0.1, -0.05) is 33.8 Å². The molecule has 2 aliphatic rings. The van der Waals surface area contributed by atoms with Crippen LogP contribution in [0.3, 0.4) is 0 Å². The molecular weight excluding hydrogens is 711 g/mol. The van der Waals surface area contributed by atoms with Crippen molar-refractivity contribution in [1.29, 1.82) is 0 Å². The van der Waals surface area contributed by atoms with E-state index in [9.17, 15) is 19.2 Å². The Hall–Kier alpha value is -5.87. The van der Waals surface area contributed by atoms with Crippen LogP contribution in [0, 0.1) is 17.7 Å². The molecule has 6 rings (SSSR count). The molecule has 1 aromatic carbocycles. The fourth-order valence-corrected chi connectivity index (χ4v) is 7.17. The number of likely N-dealkylation sites (tertiary alicyclic amines) is 2. The van der Waals surface area contributed by atoms with Crippen molar-refractivity contribution in [3.8, 4) is 33.9 Å². The summed E-state index contributed by atoms with van der Waals surface area (Å²) < 4.78 is 25.1. The van der Waals surface area contributed by atoms with Crippen molar-refractivity contribution in [3.63, 3.8) is 0 Å². The summed E-state index contributed by atoms with van der Waals surface area (Å²) in [5.74, 6) is 0.235. The number of nitrogens with one attached hydrogen (secondary N) is 4. The zero-order valence-corrected chi connectivity index (χ0v) is 31.8. The number of ether oxygens (including phenoxy) is 2. The molecule has 2 aliphatic heterocycles. The van der Waals surface area contributed by atoms with Crippen molar-refractivity contribution in [2.75, 3.05) is 27.3 Å². The van der Waals surface area contributed by atoms with Gasteiger partial charge in [0.05, 0.1) is 43.9 Å². The lowest BCUT2D eigenvalue weighted by atomic mass is 10.0. The number of benzene rings is 1. The molecule has 4 atom stereocenters. The topological polar surface area (TPSA) is 200 Å². The number of halogens is 1. The Morgan fingerprint density at radius 2 is 1.36 bits per heavy atom. The van der Waals surface area contributed by atoms with E-state index < -0.39 is 30.1 Å². The maximum atomic E-state index is 15.6. The maximum absolute atomic E-state index is 15.6.